The van der Waals surface area contributed by atoms with Crippen LogP contribution in [-0.2, 0) is 6.54 Å². The molecule has 1 aromatic rings. The van der Waals surface area contributed by atoms with Gasteiger partial charge in [-0.05, 0) is 37.7 Å². The van der Waals surface area contributed by atoms with Gasteiger partial charge in [0.25, 0.3) is 0 Å². The van der Waals surface area contributed by atoms with Crippen LogP contribution in [0.25, 0.3) is 0 Å². The van der Waals surface area contributed by atoms with Crippen molar-refractivity contribution in [1.29, 1.82) is 0 Å². The molecule has 1 fully saturated rings. The number of nitrogens with zero attached hydrogens (tertiary/aromatic N) is 2. The van der Waals surface area contributed by atoms with E-state index in [0.29, 0.717) is 12.1 Å². The predicted octanol–water partition coefficient (Wildman–Crippen LogP) is 3.52. The van der Waals surface area contributed by atoms with Gasteiger partial charge in [0, 0.05) is 18.8 Å². The van der Waals surface area contributed by atoms with Crippen molar-refractivity contribution in [3.63, 3.8) is 0 Å². The van der Waals surface area contributed by atoms with E-state index in [-0.39, 0.29) is 0 Å². The molecule has 0 amide bonds. The van der Waals surface area contributed by atoms with Crippen molar-refractivity contribution < 1.29 is 0 Å². The number of hydrogen-bond donors (Lipinski definition) is 1. The molecule has 0 bridgehead atoms. The van der Waals surface area contributed by atoms with E-state index in [2.05, 4.69) is 43.0 Å². The lowest BCUT2D eigenvalue weighted by atomic mass is 10.1. The summed E-state index contributed by atoms with van der Waals surface area (Å²) in [4.78, 5) is 0. The summed E-state index contributed by atoms with van der Waals surface area (Å²) in [5.41, 5.74) is 1.18. The molecule has 3 nitrogen and oxygen atoms in total. The van der Waals surface area contributed by atoms with Crippen molar-refractivity contribution in [2.75, 3.05) is 0 Å². The first kappa shape index (κ1) is 13.6. The third-order valence-electron chi connectivity index (χ3n) is 4.39. The van der Waals surface area contributed by atoms with Crippen molar-refractivity contribution in [2.24, 2.45) is 5.92 Å². The van der Waals surface area contributed by atoms with Gasteiger partial charge in [0.15, 0.2) is 0 Å². The Bertz CT molecular complexity index is 354. The molecule has 0 spiro atoms. The van der Waals surface area contributed by atoms with Gasteiger partial charge < -0.3 is 5.32 Å². The Morgan fingerprint density at radius 3 is 2.78 bits per heavy atom. The molecule has 1 aliphatic rings. The highest BCUT2D eigenvalue weighted by molar-refractivity contribution is 5.00. The van der Waals surface area contributed by atoms with E-state index >= 15 is 0 Å². The zero-order chi connectivity index (χ0) is 13.0. The summed E-state index contributed by atoms with van der Waals surface area (Å²) in [6, 6.07) is 3.41. The highest BCUT2D eigenvalue weighted by Crippen LogP contribution is 2.25. The van der Waals surface area contributed by atoms with E-state index in [1.54, 1.807) is 0 Å². The molecule has 2 unspecified atom stereocenters. The highest BCUT2D eigenvalue weighted by Gasteiger charge is 2.22. The Morgan fingerprint density at radius 2 is 2.17 bits per heavy atom. The van der Waals surface area contributed by atoms with Crippen molar-refractivity contribution in [3.05, 3.63) is 18.0 Å². The molecule has 102 valence electrons. The maximum atomic E-state index is 4.69. The van der Waals surface area contributed by atoms with Crippen molar-refractivity contribution in [3.8, 4) is 0 Å². The molecule has 2 rings (SSSR count). The minimum absolute atomic E-state index is 0.559. The van der Waals surface area contributed by atoms with E-state index in [1.165, 1.54) is 25.0 Å². The smallest absolute Gasteiger partial charge is 0.0762 e. The van der Waals surface area contributed by atoms with Crippen LogP contribution >= 0.6 is 0 Å². The number of aromatic nitrogens is 2. The van der Waals surface area contributed by atoms with Crippen LogP contribution in [0.15, 0.2) is 12.3 Å². The molecule has 1 heterocycles. The summed E-state index contributed by atoms with van der Waals surface area (Å²) < 4.78 is 2.13. The fourth-order valence-corrected chi connectivity index (χ4v) is 3.02. The molecular weight excluding hydrogens is 222 g/mol. The Balaban J connectivity index is 1.86. The summed E-state index contributed by atoms with van der Waals surface area (Å²) in [5, 5.41) is 8.35. The third kappa shape index (κ3) is 3.14. The number of rotatable bonds is 6. The van der Waals surface area contributed by atoms with Gasteiger partial charge in [-0.1, -0.05) is 27.2 Å². The second kappa shape index (κ2) is 6.37. The van der Waals surface area contributed by atoms with E-state index in [4.69, 9.17) is 5.10 Å². The van der Waals surface area contributed by atoms with Crippen LogP contribution in [0.3, 0.4) is 0 Å². The monoisotopic (exact) mass is 249 g/mol. The molecule has 0 radical (unpaired) electrons. The Morgan fingerprint density at radius 1 is 1.39 bits per heavy atom. The fourth-order valence-electron chi connectivity index (χ4n) is 3.02. The summed E-state index contributed by atoms with van der Waals surface area (Å²) >= 11 is 0. The molecule has 2 atom stereocenters. The number of nitrogens with one attached hydrogen (secondary N) is 1. The first-order valence-corrected chi connectivity index (χ1v) is 7.52. The highest BCUT2D eigenvalue weighted by atomic mass is 15.3. The molecule has 18 heavy (non-hydrogen) atoms. The van der Waals surface area contributed by atoms with Crippen LogP contribution in [0.2, 0.25) is 0 Å². The van der Waals surface area contributed by atoms with Crippen molar-refractivity contribution in [2.45, 2.75) is 71.5 Å². The normalized spacial score (nSPS) is 24.0. The van der Waals surface area contributed by atoms with E-state index in [0.717, 1.165) is 25.3 Å². The van der Waals surface area contributed by atoms with Gasteiger partial charge in [-0.3, -0.25) is 4.68 Å². The lowest BCUT2D eigenvalue weighted by Gasteiger charge is -2.16. The predicted molar refractivity (Wildman–Crippen MR) is 75.5 cm³/mol. The SMILES string of the molecule is CCC(CC)n1ccc(CNC2CCCC2C)n1. The van der Waals surface area contributed by atoms with Gasteiger partial charge in [-0.2, -0.15) is 5.10 Å². The van der Waals surface area contributed by atoms with Crippen LogP contribution in [0.5, 0.6) is 0 Å². The van der Waals surface area contributed by atoms with Crippen molar-refractivity contribution in [1.82, 2.24) is 15.1 Å². The van der Waals surface area contributed by atoms with E-state index in [9.17, 15) is 0 Å². The van der Waals surface area contributed by atoms with Gasteiger partial charge >= 0.3 is 0 Å². The zero-order valence-corrected chi connectivity index (χ0v) is 12.0. The average molecular weight is 249 g/mol. The first-order valence-electron chi connectivity index (χ1n) is 7.52. The second-order valence-corrected chi connectivity index (χ2v) is 5.65. The van der Waals surface area contributed by atoms with Gasteiger partial charge in [-0.15, -0.1) is 0 Å². The topological polar surface area (TPSA) is 29.9 Å². The first-order chi connectivity index (χ1) is 8.74. The van der Waals surface area contributed by atoms with Gasteiger partial charge in [0.1, 0.15) is 0 Å². The lowest BCUT2D eigenvalue weighted by Crippen LogP contribution is -2.30. The fraction of sp³-hybridized carbons (Fsp3) is 0.800. The van der Waals surface area contributed by atoms with Gasteiger partial charge in [0.2, 0.25) is 0 Å². The second-order valence-electron chi connectivity index (χ2n) is 5.65. The minimum atomic E-state index is 0.559. The largest absolute Gasteiger partial charge is 0.308 e. The minimum Gasteiger partial charge on any atom is -0.308 e. The zero-order valence-electron chi connectivity index (χ0n) is 12.0. The molecule has 0 saturated heterocycles. The standard InChI is InChI=1S/C15H27N3/c1-4-14(5-2)18-10-9-13(17-18)11-16-15-8-6-7-12(15)3/h9-10,12,14-16H,4-8,11H2,1-3H3. The van der Waals surface area contributed by atoms with Crippen LogP contribution in [-0.4, -0.2) is 15.8 Å². The molecule has 1 aliphatic carbocycles. The molecule has 1 N–H and O–H groups in total. The molecule has 1 aromatic heterocycles. The molecule has 0 aromatic carbocycles. The molecular formula is C15H27N3. The summed E-state index contributed by atoms with van der Waals surface area (Å²) in [7, 11) is 0. The third-order valence-corrected chi connectivity index (χ3v) is 4.39. The maximum Gasteiger partial charge on any atom is 0.0762 e. The molecule has 3 heteroatoms. The van der Waals surface area contributed by atoms with Crippen molar-refractivity contribution >= 4 is 0 Å². The Hall–Kier alpha value is -0.830. The molecule has 0 aliphatic heterocycles. The summed E-state index contributed by atoms with van der Waals surface area (Å²) in [6.07, 6.45) is 8.53. The number of hydrogen-bond acceptors (Lipinski definition) is 2. The maximum absolute atomic E-state index is 4.69. The summed E-state index contributed by atoms with van der Waals surface area (Å²) in [6.45, 7) is 7.73. The van der Waals surface area contributed by atoms with Gasteiger partial charge in [0.05, 0.1) is 11.7 Å². The van der Waals surface area contributed by atoms with Crippen LogP contribution in [0.4, 0.5) is 0 Å². The van der Waals surface area contributed by atoms with E-state index in [1.807, 2.05) is 0 Å². The average Bonchev–Trinajstić information content (AvgIpc) is 2.98. The summed E-state index contributed by atoms with van der Waals surface area (Å²) in [5.74, 6) is 0.825. The van der Waals surface area contributed by atoms with Crippen LogP contribution in [0, 0.1) is 5.92 Å². The lowest BCUT2D eigenvalue weighted by molar-refractivity contribution is 0.408. The van der Waals surface area contributed by atoms with Crippen LogP contribution in [0.1, 0.15) is 64.6 Å². The van der Waals surface area contributed by atoms with Crippen LogP contribution < -0.4 is 5.32 Å². The Labute approximate surface area is 111 Å². The van der Waals surface area contributed by atoms with Gasteiger partial charge in [-0.25, -0.2) is 0 Å². The van der Waals surface area contributed by atoms with E-state index < -0.39 is 0 Å². The Kier molecular flexibility index (Phi) is 4.81. The molecule has 1 saturated carbocycles. The quantitative estimate of drug-likeness (QED) is 0.836.